The summed E-state index contributed by atoms with van der Waals surface area (Å²) in [5, 5.41) is 16.7. The first-order valence-electron chi connectivity index (χ1n) is 8.62. The molecule has 4 rings (SSSR count). The van der Waals surface area contributed by atoms with Crippen LogP contribution < -0.4 is 11.1 Å². The number of para-hydroxylation sites is 1. The molecule has 0 saturated heterocycles. The van der Waals surface area contributed by atoms with Crippen LogP contribution in [0.1, 0.15) is 27.0 Å². The number of primary amides is 1. The molecule has 0 aliphatic carbocycles. The fraction of sp³-hybridized carbons (Fsp3) is 0.0476. The average Bonchev–Trinajstić information content (AvgIpc) is 3.10. The predicted molar refractivity (Wildman–Crippen MR) is 105 cm³/mol. The maximum absolute atomic E-state index is 11.4. The third kappa shape index (κ3) is 3.52. The molecule has 136 valence electrons. The van der Waals surface area contributed by atoms with E-state index in [0.29, 0.717) is 34.8 Å². The van der Waals surface area contributed by atoms with Crippen molar-refractivity contribution in [2.45, 2.75) is 6.42 Å². The molecule has 0 spiro atoms. The number of nitrogens with zero attached hydrogens (tertiary/aromatic N) is 4. The van der Waals surface area contributed by atoms with Crippen molar-refractivity contribution in [1.82, 2.24) is 14.6 Å². The van der Waals surface area contributed by atoms with Gasteiger partial charge in [0.2, 0.25) is 11.9 Å². The third-order valence-corrected chi connectivity index (χ3v) is 4.31. The van der Waals surface area contributed by atoms with Gasteiger partial charge in [0, 0.05) is 11.8 Å². The summed E-state index contributed by atoms with van der Waals surface area (Å²) in [6.45, 7) is 0. The molecule has 2 aromatic heterocycles. The van der Waals surface area contributed by atoms with Gasteiger partial charge in [-0.2, -0.15) is 10.2 Å². The summed E-state index contributed by atoms with van der Waals surface area (Å²) in [6, 6.07) is 20.4. The van der Waals surface area contributed by atoms with E-state index in [-0.39, 0.29) is 0 Å². The zero-order valence-corrected chi connectivity index (χ0v) is 14.8. The van der Waals surface area contributed by atoms with Crippen LogP contribution in [-0.2, 0) is 6.42 Å². The van der Waals surface area contributed by atoms with Gasteiger partial charge >= 0.3 is 0 Å². The Morgan fingerprint density at radius 3 is 2.79 bits per heavy atom. The number of hydrogen-bond acceptors (Lipinski definition) is 5. The Morgan fingerprint density at radius 1 is 1.11 bits per heavy atom. The second-order valence-electron chi connectivity index (χ2n) is 6.30. The molecule has 0 unspecified atom stereocenters. The van der Waals surface area contributed by atoms with Crippen molar-refractivity contribution < 1.29 is 4.79 Å². The van der Waals surface area contributed by atoms with Crippen LogP contribution in [0.5, 0.6) is 0 Å². The standard InChI is InChI=1S/C21H16N6O/c22-12-17-5-1-2-7-18(17)24-21-25-19-9-8-15(13-27(19)26-21)10-14-4-3-6-16(11-14)20(23)28/h1-9,11,13H,10H2,(H2,23,28)(H,24,26). The fourth-order valence-electron chi connectivity index (χ4n) is 2.96. The molecule has 0 aliphatic rings. The molecule has 2 heterocycles. The monoisotopic (exact) mass is 368 g/mol. The van der Waals surface area contributed by atoms with Crippen molar-refractivity contribution in [3.8, 4) is 6.07 Å². The summed E-state index contributed by atoms with van der Waals surface area (Å²) in [5.74, 6) is -0.0301. The van der Waals surface area contributed by atoms with Gasteiger partial charge in [-0.1, -0.05) is 30.3 Å². The van der Waals surface area contributed by atoms with Crippen LogP contribution in [0.15, 0.2) is 66.9 Å². The third-order valence-electron chi connectivity index (χ3n) is 4.31. The Hall–Kier alpha value is -4.18. The first-order chi connectivity index (χ1) is 13.6. The Kier molecular flexibility index (Phi) is 4.44. The Morgan fingerprint density at radius 2 is 1.96 bits per heavy atom. The van der Waals surface area contributed by atoms with Gasteiger partial charge in [0.05, 0.1) is 11.3 Å². The predicted octanol–water partition coefficient (Wildman–Crippen LogP) is 3.03. The van der Waals surface area contributed by atoms with Gasteiger partial charge in [-0.3, -0.25) is 4.79 Å². The van der Waals surface area contributed by atoms with Crippen LogP contribution in [-0.4, -0.2) is 20.5 Å². The van der Waals surface area contributed by atoms with Crippen LogP contribution >= 0.6 is 0 Å². The van der Waals surface area contributed by atoms with Crippen molar-refractivity contribution in [1.29, 1.82) is 5.26 Å². The number of aromatic nitrogens is 3. The fourth-order valence-corrected chi connectivity index (χ4v) is 2.96. The average molecular weight is 368 g/mol. The molecule has 3 N–H and O–H groups in total. The van der Waals surface area contributed by atoms with Crippen molar-refractivity contribution >= 4 is 23.2 Å². The molecule has 0 fully saturated rings. The van der Waals surface area contributed by atoms with Crippen molar-refractivity contribution in [2.75, 3.05) is 5.32 Å². The number of nitrogens with two attached hydrogens (primary N) is 1. The second kappa shape index (κ2) is 7.21. The molecule has 7 nitrogen and oxygen atoms in total. The van der Waals surface area contributed by atoms with Crippen molar-refractivity contribution in [3.63, 3.8) is 0 Å². The van der Waals surface area contributed by atoms with E-state index in [4.69, 9.17) is 5.73 Å². The number of benzene rings is 2. The van der Waals surface area contributed by atoms with E-state index in [9.17, 15) is 10.1 Å². The van der Waals surface area contributed by atoms with Gasteiger partial charge < -0.3 is 11.1 Å². The lowest BCUT2D eigenvalue weighted by Crippen LogP contribution is -2.11. The largest absolute Gasteiger partial charge is 0.366 e. The maximum atomic E-state index is 11.4. The molecule has 0 radical (unpaired) electrons. The molecule has 1 amide bonds. The van der Waals surface area contributed by atoms with Crippen molar-refractivity contribution in [2.24, 2.45) is 5.73 Å². The van der Waals surface area contributed by atoms with E-state index in [1.807, 2.05) is 36.5 Å². The van der Waals surface area contributed by atoms with Gasteiger partial charge in [0.25, 0.3) is 0 Å². The van der Waals surface area contributed by atoms with Gasteiger partial charge in [0.1, 0.15) is 6.07 Å². The number of fused-ring (bicyclic) bond motifs is 1. The summed E-state index contributed by atoms with van der Waals surface area (Å²) >= 11 is 0. The molecule has 0 aliphatic heterocycles. The summed E-state index contributed by atoms with van der Waals surface area (Å²) in [7, 11) is 0. The van der Waals surface area contributed by atoms with E-state index in [2.05, 4.69) is 21.5 Å². The van der Waals surface area contributed by atoms with Crippen LogP contribution in [0.4, 0.5) is 11.6 Å². The van der Waals surface area contributed by atoms with Gasteiger partial charge in [-0.05, 0) is 47.9 Å². The summed E-state index contributed by atoms with van der Waals surface area (Å²) < 4.78 is 1.69. The lowest BCUT2D eigenvalue weighted by molar-refractivity contribution is 0.1000. The number of nitriles is 1. The maximum Gasteiger partial charge on any atom is 0.248 e. The Bertz CT molecular complexity index is 1220. The normalized spacial score (nSPS) is 10.5. The van der Waals surface area contributed by atoms with E-state index < -0.39 is 5.91 Å². The topological polar surface area (TPSA) is 109 Å². The zero-order chi connectivity index (χ0) is 19.5. The lowest BCUT2D eigenvalue weighted by Gasteiger charge is -2.04. The molecule has 7 heteroatoms. The second-order valence-corrected chi connectivity index (χ2v) is 6.30. The van der Waals surface area contributed by atoms with Gasteiger partial charge in [-0.25, -0.2) is 4.52 Å². The number of hydrogen-bond donors (Lipinski definition) is 2. The molecule has 4 aromatic rings. The van der Waals surface area contributed by atoms with Gasteiger partial charge in [-0.15, -0.1) is 5.10 Å². The van der Waals surface area contributed by atoms with E-state index in [1.54, 1.807) is 34.8 Å². The Balaban J connectivity index is 1.59. The first kappa shape index (κ1) is 17.2. The molecular weight excluding hydrogens is 352 g/mol. The smallest absolute Gasteiger partial charge is 0.248 e. The molecule has 2 aromatic carbocycles. The van der Waals surface area contributed by atoms with Crippen LogP contribution in [0.2, 0.25) is 0 Å². The highest BCUT2D eigenvalue weighted by molar-refractivity contribution is 5.92. The summed E-state index contributed by atoms with van der Waals surface area (Å²) in [4.78, 5) is 15.8. The summed E-state index contributed by atoms with van der Waals surface area (Å²) in [6.07, 6.45) is 2.53. The zero-order valence-electron chi connectivity index (χ0n) is 14.8. The van der Waals surface area contributed by atoms with Gasteiger partial charge in [0.15, 0.2) is 5.65 Å². The lowest BCUT2D eigenvalue weighted by atomic mass is 10.0. The van der Waals surface area contributed by atoms with E-state index >= 15 is 0 Å². The quantitative estimate of drug-likeness (QED) is 0.563. The van der Waals surface area contributed by atoms with Crippen LogP contribution in [0.3, 0.4) is 0 Å². The molecule has 28 heavy (non-hydrogen) atoms. The van der Waals surface area contributed by atoms with Crippen LogP contribution in [0.25, 0.3) is 5.65 Å². The minimum absolute atomic E-state index is 0.413. The molecule has 0 saturated carbocycles. The summed E-state index contributed by atoms with van der Waals surface area (Å²) in [5.41, 5.74) is 9.70. The number of rotatable bonds is 5. The number of amides is 1. The highest BCUT2D eigenvalue weighted by Gasteiger charge is 2.08. The SMILES string of the molecule is N#Cc1ccccc1Nc1nc2ccc(Cc3cccc(C(N)=O)c3)cn2n1. The minimum atomic E-state index is -0.443. The number of nitrogens with one attached hydrogen (secondary N) is 1. The van der Waals surface area contributed by atoms with Crippen molar-refractivity contribution in [3.05, 3.63) is 89.1 Å². The number of carbonyl (C=O) groups is 1. The number of pyridine rings is 1. The molecule has 0 atom stereocenters. The molecule has 0 bridgehead atoms. The number of carbonyl (C=O) groups excluding carboxylic acids is 1. The van der Waals surface area contributed by atoms with Crippen LogP contribution in [0, 0.1) is 11.3 Å². The first-order valence-corrected chi connectivity index (χ1v) is 8.62. The number of anilines is 2. The Labute approximate surface area is 161 Å². The molecular formula is C21H16N6O. The van der Waals surface area contributed by atoms with E-state index in [1.165, 1.54) is 0 Å². The highest BCUT2D eigenvalue weighted by atomic mass is 16.1. The van der Waals surface area contributed by atoms with E-state index in [0.717, 1.165) is 11.1 Å². The highest BCUT2D eigenvalue weighted by Crippen LogP contribution is 2.19. The minimum Gasteiger partial charge on any atom is -0.366 e.